The van der Waals surface area contributed by atoms with Crippen LogP contribution in [0.3, 0.4) is 0 Å². The summed E-state index contributed by atoms with van der Waals surface area (Å²) in [7, 11) is 1.72. The maximum Gasteiger partial charge on any atom is 0.272 e. The van der Waals surface area contributed by atoms with E-state index in [4.69, 9.17) is 0 Å². The van der Waals surface area contributed by atoms with Gasteiger partial charge in [-0.3, -0.25) is 15.2 Å². The van der Waals surface area contributed by atoms with Crippen LogP contribution < -0.4 is 5.43 Å². The van der Waals surface area contributed by atoms with Crippen LogP contribution in [0.25, 0.3) is 0 Å². The Kier molecular flexibility index (Phi) is 4.58. The number of hydrogen-bond acceptors (Lipinski definition) is 2. The van der Waals surface area contributed by atoms with Gasteiger partial charge >= 0.3 is 0 Å². The van der Waals surface area contributed by atoms with E-state index in [1.807, 2.05) is 54.6 Å². The second kappa shape index (κ2) is 6.38. The summed E-state index contributed by atoms with van der Waals surface area (Å²) in [6.45, 7) is 0. The highest BCUT2D eigenvalue weighted by Gasteiger charge is 2.14. The molecule has 0 aromatic heterocycles. The lowest BCUT2D eigenvalue weighted by molar-refractivity contribution is 0.0825. The molecular weight excluding hydrogens is 304 g/mol. The molecule has 4 heteroatoms. The van der Waals surface area contributed by atoms with E-state index in [-0.39, 0.29) is 5.91 Å². The minimum absolute atomic E-state index is 0.0566. The molecule has 2 aromatic carbocycles. The Labute approximate surface area is 121 Å². The largest absolute Gasteiger partial charge is 0.296 e. The summed E-state index contributed by atoms with van der Waals surface area (Å²) < 4.78 is 0. The van der Waals surface area contributed by atoms with Crippen LogP contribution in [-0.2, 0) is 5.33 Å². The molecular formula is C15H15BrN2O. The van der Waals surface area contributed by atoms with Crippen LogP contribution in [0, 0.1) is 0 Å². The van der Waals surface area contributed by atoms with Gasteiger partial charge in [0, 0.05) is 17.9 Å². The van der Waals surface area contributed by atoms with E-state index in [0.717, 1.165) is 11.3 Å². The van der Waals surface area contributed by atoms with Crippen LogP contribution in [0.4, 0.5) is 5.69 Å². The maximum absolute atomic E-state index is 12.4. The molecule has 98 valence electrons. The highest BCUT2D eigenvalue weighted by atomic mass is 79.9. The average molecular weight is 319 g/mol. The van der Waals surface area contributed by atoms with Gasteiger partial charge in [0.1, 0.15) is 0 Å². The van der Waals surface area contributed by atoms with Gasteiger partial charge < -0.3 is 0 Å². The predicted octanol–water partition coefficient (Wildman–Crippen LogP) is 3.68. The minimum Gasteiger partial charge on any atom is -0.296 e. The standard InChI is InChI=1S/C15H15BrN2O/c1-18(17-13-8-3-2-4-9-13)15(19)14-10-6-5-7-12(14)11-16/h2-10,17H,11H2,1H3. The molecule has 0 aliphatic carbocycles. The molecule has 0 bridgehead atoms. The topological polar surface area (TPSA) is 32.3 Å². The fraction of sp³-hybridized carbons (Fsp3) is 0.133. The summed E-state index contributed by atoms with van der Waals surface area (Å²) in [6, 6.07) is 17.2. The minimum atomic E-state index is -0.0566. The number of halogens is 1. The Morgan fingerprint density at radius 1 is 1.11 bits per heavy atom. The molecule has 0 aliphatic rings. The van der Waals surface area contributed by atoms with Crippen molar-refractivity contribution in [3.63, 3.8) is 0 Å². The van der Waals surface area contributed by atoms with Crippen LogP contribution in [0.15, 0.2) is 54.6 Å². The highest BCUT2D eigenvalue weighted by Crippen LogP contribution is 2.15. The number of anilines is 1. The average Bonchev–Trinajstić information content (AvgIpc) is 2.47. The number of para-hydroxylation sites is 1. The molecule has 3 nitrogen and oxygen atoms in total. The van der Waals surface area contributed by atoms with Crippen molar-refractivity contribution in [2.45, 2.75) is 5.33 Å². The highest BCUT2D eigenvalue weighted by molar-refractivity contribution is 9.08. The molecule has 0 heterocycles. The molecule has 0 saturated heterocycles. The Hall–Kier alpha value is -1.81. The van der Waals surface area contributed by atoms with Gasteiger partial charge in [0.15, 0.2) is 0 Å². The first kappa shape index (κ1) is 13.6. The third-order valence-electron chi connectivity index (χ3n) is 2.77. The number of hydrazine groups is 1. The molecule has 0 radical (unpaired) electrons. The van der Waals surface area contributed by atoms with Gasteiger partial charge in [-0.05, 0) is 23.8 Å². The summed E-state index contributed by atoms with van der Waals surface area (Å²) in [6.07, 6.45) is 0. The molecule has 1 N–H and O–H groups in total. The number of carbonyl (C=O) groups excluding carboxylic acids is 1. The van der Waals surface area contributed by atoms with E-state index >= 15 is 0 Å². The second-order valence-corrected chi connectivity index (χ2v) is 4.69. The summed E-state index contributed by atoms with van der Waals surface area (Å²) in [4.78, 5) is 12.4. The van der Waals surface area contributed by atoms with Crippen LogP contribution >= 0.6 is 15.9 Å². The van der Waals surface area contributed by atoms with Crippen LogP contribution in [-0.4, -0.2) is 18.0 Å². The summed E-state index contributed by atoms with van der Waals surface area (Å²) in [5, 5.41) is 2.16. The smallest absolute Gasteiger partial charge is 0.272 e. The van der Waals surface area contributed by atoms with Crippen molar-refractivity contribution < 1.29 is 4.79 Å². The van der Waals surface area contributed by atoms with Crippen molar-refractivity contribution in [1.82, 2.24) is 5.01 Å². The summed E-state index contributed by atoms with van der Waals surface area (Å²) in [5.74, 6) is -0.0566. The van der Waals surface area contributed by atoms with Gasteiger partial charge in [-0.1, -0.05) is 52.3 Å². The van der Waals surface area contributed by atoms with Crippen molar-refractivity contribution in [2.75, 3.05) is 12.5 Å². The van der Waals surface area contributed by atoms with Crippen molar-refractivity contribution in [1.29, 1.82) is 0 Å². The monoisotopic (exact) mass is 318 g/mol. The van der Waals surface area contributed by atoms with Gasteiger partial charge in [-0.25, -0.2) is 0 Å². The van der Waals surface area contributed by atoms with E-state index in [9.17, 15) is 4.79 Å². The molecule has 0 saturated carbocycles. The molecule has 19 heavy (non-hydrogen) atoms. The number of rotatable bonds is 4. The van der Waals surface area contributed by atoms with Crippen molar-refractivity contribution in [3.8, 4) is 0 Å². The predicted molar refractivity (Wildman–Crippen MR) is 81.2 cm³/mol. The zero-order valence-electron chi connectivity index (χ0n) is 10.6. The van der Waals surface area contributed by atoms with Gasteiger partial charge in [0.25, 0.3) is 5.91 Å². The molecule has 0 aliphatic heterocycles. The zero-order chi connectivity index (χ0) is 13.7. The first-order chi connectivity index (χ1) is 9.22. The number of nitrogens with one attached hydrogen (secondary N) is 1. The van der Waals surface area contributed by atoms with E-state index in [2.05, 4.69) is 21.4 Å². The molecule has 0 spiro atoms. The van der Waals surface area contributed by atoms with E-state index in [1.54, 1.807) is 7.05 Å². The van der Waals surface area contributed by atoms with Crippen LogP contribution in [0.2, 0.25) is 0 Å². The Balaban J connectivity index is 2.15. The second-order valence-electron chi connectivity index (χ2n) is 4.13. The van der Waals surface area contributed by atoms with Gasteiger partial charge in [0.05, 0.1) is 5.69 Å². The van der Waals surface area contributed by atoms with Crippen molar-refractivity contribution >= 4 is 27.5 Å². The lowest BCUT2D eigenvalue weighted by Crippen LogP contribution is -2.32. The fourth-order valence-electron chi connectivity index (χ4n) is 1.78. The molecule has 2 aromatic rings. The molecule has 0 unspecified atom stereocenters. The first-order valence-electron chi connectivity index (χ1n) is 5.96. The zero-order valence-corrected chi connectivity index (χ0v) is 12.2. The molecule has 2 rings (SSSR count). The molecule has 1 amide bonds. The number of alkyl halides is 1. The lowest BCUT2D eigenvalue weighted by atomic mass is 10.1. The normalized spacial score (nSPS) is 10.0. The van der Waals surface area contributed by atoms with Crippen LogP contribution in [0.5, 0.6) is 0 Å². The van der Waals surface area contributed by atoms with E-state index in [1.165, 1.54) is 5.01 Å². The van der Waals surface area contributed by atoms with Gasteiger partial charge in [0.2, 0.25) is 0 Å². The quantitative estimate of drug-likeness (QED) is 0.689. The lowest BCUT2D eigenvalue weighted by Gasteiger charge is -2.20. The fourth-order valence-corrected chi connectivity index (χ4v) is 2.27. The third-order valence-corrected chi connectivity index (χ3v) is 3.37. The Bertz CT molecular complexity index is 557. The number of benzene rings is 2. The van der Waals surface area contributed by atoms with E-state index in [0.29, 0.717) is 10.9 Å². The maximum atomic E-state index is 12.4. The molecule has 0 atom stereocenters. The molecule has 0 fully saturated rings. The first-order valence-corrected chi connectivity index (χ1v) is 7.08. The van der Waals surface area contributed by atoms with Crippen molar-refractivity contribution in [3.05, 3.63) is 65.7 Å². The number of hydrogen-bond donors (Lipinski definition) is 1. The van der Waals surface area contributed by atoms with Gasteiger partial charge in [-0.15, -0.1) is 0 Å². The SMILES string of the molecule is CN(Nc1ccccc1)C(=O)c1ccccc1CBr. The summed E-state index contributed by atoms with van der Waals surface area (Å²) in [5.41, 5.74) is 5.62. The van der Waals surface area contributed by atoms with Gasteiger partial charge in [-0.2, -0.15) is 0 Å². The third kappa shape index (κ3) is 3.35. The van der Waals surface area contributed by atoms with Crippen molar-refractivity contribution in [2.24, 2.45) is 0 Å². The van der Waals surface area contributed by atoms with Crippen LogP contribution in [0.1, 0.15) is 15.9 Å². The Morgan fingerprint density at radius 3 is 2.42 bits per heavy atom. The number of amides is 1. The van der Waals surface area contributed by atoms with E-state index < -0.39 is 0 Å². The summed E-state index contributed by atoms with van der Waals surface area (Å²) >= 11 is 3.40. The number of carbonyl (C=O) groups is 1. The Morgan fingerprint density at radius 2 is 1.74 bits per heavy atom. The number of nitrogens with zero attached hydrogens (tertiary/aromatic N) is 1.